The highest BCUT2D eigenvalue weighted by molar-refractivity contribution is 7.20. The lowest BCUT2D eigenvalue weighted by Gasteiger charge is -2.11. The number of aryl methyl sites for hydroxylation is 1. The number of rotatable bonds is 6. The van der Waals surface area contributed by atoms with Gasteiger partial charge >= 0.3 is 5.97 Å². The van der Waals surface area contributed by atoms with Crippen LogP contribution in [0.15, 0.2) is 43.0 Å². The summed E-state index contributed by atoms with van der Waals surface area (Å²) in [5, 5.41) is 8.58. The monoisotopic (exact) mass is 403 g/mol. The number of fused-ring (bicyclic) bond motifs is 1. The lowest BCUT2D eigenvalue weighted by atomic mass is 10.3. The summed E-state index contributed by atoms with van der Waals surface area (Å²) < 4.78 is 7.02. The number of thiophene rings is 1. The number of esters is 1. The van der Waals surface area contributed by atoms with Gasteiger partial charge in [0.05, 0.1) is 11.4 Å². The van der Waals surface area contributed by atoms with E-state index in [4.69, 9.17) is 16.3 Å². The molecular weight excluding hydrogens is 386 g/mol. The number of ether oxygens (including phenoxy) is 1. The molecule has 3 aromatic rings. The molecule has 27 heavy (non-hydrogen) atoms. The summed E-state index contributed by atoms with van der Waals surface area (Å²) >= 11 is 7.34. The van der Waals surface area contributed by atoms with E-state index in [0.29, 0.717) is 16.4 Å². The summed E-state index contributed by atoms with van der Waals surface area (Å²) in [6.45, 7) is 7.25. The molecule has 2 heterocycles. The number of aromatic nitrogens is 2. The van der Waals surface area contributed by atoms with Gasteiger partial charge in [0.15, 0.2) is 6.10 Å². The summed E-state index contributed by atoms with van der Waals surface area (Å²) in [7, 11) is 0. The highest BCUT2D eigenvalue weighted by Gasteiger charge is 2.22. The second-order valence-corrected chi connectivity index (χ2v) is 7.36. The molecule has 0 bridgehead atoms. The Hall–Kier alpha value is -2.64. The molecule has 6 nitrogen and oxygen atoms in total. The molecule has 1 atom stereocenters. The highest BCUT2D eigenvalue weighted by atomic mass is 35.5. The summed E-state index contributed by atoms with van der Waals surface area (Å²) in [4.78, 5) is 25.5. The molecule has 8 heteroatoms. The summed E-state index contributed by atoms with van der Waals surface area (Å²) in [5.74, 6) is -0.917. The Bertz CT molecular complexity index is 1020. The van der Waals surface area contributed by atoms with Gasteiger partial charge in [0.1, 0.15) is 9.71 Å². The first-order valence-electron chi connectivity index (χ1n) is 8.25. The van der Waals surface area contributed by atoms with E-state index in [9.17, 15) is 9.59 Å². The molecule has 0 fully saturated rings. The Morgan fingerprint density at radius 3 is 2.93 bits per heavy atom. The SMILES string of the molecule is C=CCNC(=O)C(C)OC(=O)c1cc2c(C)nn(-c3cccc(Cl)c3)c2s1. The van der Waals surface area contributed by atoms with E-state index in [1.807, 2.05) is 19.1 Å². The van der Waals surface area contributed by atoms with Crippen LogP contribution in [0.5, 0.6) is 0 Å². The molecule has 1 amide bonds. The minimum atomic E-state index is -0.895. The molecule has 0 radical (unpaired) electrons. The number of benzene rings is 1. The predicted octanol–water partition coefficient (Wildman–Crippen LogP) is 3.90. The van der Waals surface area contributed by atoms with Crippen LogP contribution in [0.2, 0.25) is 5.02 Å². The average molecular weight is 404 g/mol. The zero-order valence-corrected chi connectivity index (χ0v) is 16.4. The first-order chi connectivity index (χ1) is 12.9. The molecule has 3 rings (SSSR count). The zero-order chi connectivity index (χ0) is 19.6. The van der Waals surface area contributed by atoms with Crippen molar-refractivity contribution in [1.29, 1.82) is 0 Å². The van der Waals surface area contributed by atoms with Gasteiger partial charge < -0.3 is 10.1 Å². The molecule has 0 aliphatic rings. The van der Waals surface area contributed by atoms with Crippen LogP contribution in [0, 0.1) is 6.92 Å². The number of nitrogens with one attached hydrogen (secondary N) is 1. The van der Waals surface area contributed by atoms with Gasteiger partial charge in [0.25, 0.3) is 5.91 Å². The van der Waals surface area contributed by atoms with Crippen molar-refractivity contribution < 1.29 is 14.3 Å². The lowest BCUT2D eigenvalue weighted by molar-refractivity contribution is -0.128. The molecular formula is C19H18ClN3O3S. The van der Waals surface area contributed by atoms with Crippen LogP contribution in [-0.4, -0.2) is 34.3 Å². The van der Waals surface area contributed by atoms with E-state index in [0.717, 1.165) is 21.6 Å². The minimum absolute atomic E-state index is 0.318. The Morgan fingerprint density at radius 1 is 1.44 bits per heavy atom. The van der Waals surface area contributed by atoms with Crippen LogP contribution in [-0.2, 0) is 9.53 Å². The van der Waals surface area contributed by atoms with Crippen LogP contribution in [0.4, 0.5) is 0 Å². The van der Waals surface area contributed by atoms with Crippen LogP contribution < -0.4 is 5.32 Å². The summed E-state index contributed by atoms with van der Waals surface area (Å²) in [5.41, 5.74) is 1.59. The Kier molecular flexibility index (Phi) is 5.62. The molecule has 140 valence electrons. The van der Waals surface area contributed by atoms with E-state index in [1.165, 1.54) is 18.3 Å². The number of hydrogen-bond acceptors (Lipinski definition) is 5. The zero-order valence-electron chi connectivity index (χ0n) is 14.9. The molecule has 1 unspecified atom stereocenters. The van der Waals surface area contributed by atoms with Gasteiger partial charge in [-0.2, -0.15) is 5.10 Å². The van der Waals surface area contributed by atoms with Crippen molar-refractivity contribution >= 4 is 45.0 Å². The fourth-order valence-electron chi connectivity index (χ4n) is 2.52. The minimum Gasteiger partial charge on any atom is -0.448 e. The van der Waals surface area contributed by atoms with Crippen molar-refractivity contribution in [3.63, 3.8) is 0 Å². The van der Waals surface area contributed by atoms with Gasteiger partial charge in [-0.3, -0.25) is 4.79 Å². The second kappa shape index (κ2) is 7.94. The van der Waals surface area contributed by atoms with E-state index in [1.54, 1.807) is 29.0 Å². The summed E-state index contributed by atoms with van der Waals surface area (Å²) in [6, 6.07) is 9.06. The van der Waals surface area contributed by atoms with Gasteiger partial charge in [0, 0.05) is 17.0 Å². The number of carbonyl (C=O) groups is 2. The van der Waals surface area contributed by atoms with Crippen molar-refractivity contribution in [2.24, 2.45) is 0 Å². The first-order valence-corrected chi connectivity index (χ1v) is 9.45. The third-order valence-electron chi connectivity index (χ3n) is 3.87. The maximum Gasteiger partial charge on any atom is 0.349 e. The maximum absolute atomic E-state index is 12.5. The van der Waals surface area contributed by atoms with Crippen molar-refractivity contribution in [2.75, 3.05) is 6.54 Å². The molecule has 1 N–H and O–H groups in total. The van der Waals surface area contributed by atoms with Crippen LogP contribution in [0.3, 0.4) is 0 Å². The first kappa shape index (κ1) is 19.1. The summed E-state index contributed by atoms with van der Waals surface area (Å²) in [6.07, 6.45) is 0.663. The van der Waals surface area contributed by atoms with Crippen LogP contribution in [0.1, 0.15) is 22.3 Å². The second-order valence-electron chi connectivity index (χ2n) is 5.89. The number of halogens is 1. The number of amides is 1. The topological polar surface area (TPSA) is 73.2 Å². The number of carbonyl (C=O) groups excluding carboxylic acids is 2. The van der Waals surface area contributed by atoms with Gasteiger partial charge in [-0.05, 0) is 38.1 Å². The van der Waals surface area contributed by atoms with Crippen molar-refractivity contribution in [1.82, 2.24) is 15.1 Å². The Balaban J connectivity index is 1.86. The molecule has 0 saturated carbocycles. The molecule has 2 aromatic heterocycles. The van der Waals surface area contributed by atoms with E-state index in [-0.39, 0.29) is 5.91 Å². The van der Waals surface area contributed by atoms with Gasteiger partial charge in [-0.25, -0.2) is 9.48 Å². The quantitative estimate of drug-likeness (QED) is 0.500. The Morgan fingerprint density at radius 2 is 2.22 bits per heavy atom. The van der Waals surface area contributed by atoms with Crippen molar-refractivity contribution in [2.45, 2.75) is 20.0 Å². The van der Waals surface area contributed by atoms with Crippen molar-refractivity contribution in [3.8, 4) is 5.69 Å². The smallest absolute Gasteiger partial charge is 0.349 e. The highest BCUT2D eigenvalue weighted by Crippen LogP contribution is 2.31. The largest absolute Gasteiger partial charge is 0.448 e. The molecule has 0 saturated heterocycles. The van der Waals surface area contributed by atoms with E-state index >= 15 is 0 Å². The average Bonchev–Trinajstić information content (AvgIpc) is 3.20. The Labute approximate surface area is 165 Å². The van der Waals surface area contributed by atoms with Crippen molar-refractivity contribution in [3.05, 3.63) is 58.6 Å². The fraction of sp³-hybridized carbons (Fsp3) is 0.211. The van der Waals surface area contributed by atoms with Crippen LogP contribution >= 0.6 is 22.9 Å². The molecule has 0 spiro atoms. The van der Waals surface area contributed by atoms with Gasteiger partial charge in [-0.1, -0.05) is 23.7 Å². The lowest BCUT2D eigenvalue weighted by Crippen LogP contribution is -2.35. The fourth-order valence-corrected chi connectivity index (χ4v) is 3.77. The molecule has 0 aliphatic carbocycles. The maximum atomic E-state index is 12.5. The predicted molar refractivity (Wildman–Crippen MR) is 107 cm³/mol. The number of nitrogens with zero attached hydrogens (tertiary/aromatic N) is 2. The third-order valence-corrected chi connectivity index (χ3v) is 5.20. The molecule has 0 aliphatic heterocycles. The van der Waals surface area contributed by atoms with Crippen LogP contribution in [0.25, 0.3) is 15.9 Å². The number of hydrogen-bond donors (Lipinski definition) is 1. The third kappa shape index (κ3) is 4.04. The van der Waals surface area contributed by atoms with E-state index < -0.39 is 12.1 Å². The van der Waals surface area contributed by atoms with Gasteiger partial charge in [-0.15, -0.1) is 17.9 Å². The normalized spacial score (nSPS) is 12.0. The van der Waals surface area contributed by atoms with Gasteiger partial charge in [0.2, 0.25) is 0 Å². The molecule has 1 aromatic carbocycles. The van der Waals surface area contributed by atoms with E-state index in [2.05, 4.69) is 17.0 Å². The standard InChI is InChI=1S/C19H18ClN3O3S/c1-4-8-21-17(24)12(3)26-19(25)16-10-15-11(2)22-23(18(15)27-16)14-7-5-6-13(20)9-14/h4-7,9-10,12H,1,8H2,2-3H3,(H,21,24).